The van der Waals surface area contributed by atoms with E-state index in [9.17, 15) is 4.79 Å². The van der Waals surface area contributed by atoms with Gasteiger partial charge < -0.3 is 24.6 Å². The van der Waals surface area contributed by atoms with Crippen molar-refractivity contribution in [2.75, 3.05) is 62.4 Å². The molecule has 0 spiro atoms. The highest BCUT2D eigenvalue weighted by molar-refractivity contribution is 5.94. The SMILES string of the molecule is CC(NC(=O)c1ccc(N2CCOCC2)cc1)c1ccc(N2CCOCC2)cc1. The number of anilines is 2. The second-order valence-electron chi connectivity index (χ2n) is 7.53. The Balaban J connectivity index is 1.35. The first-order valence-corrected chi connectivity index (χ1v) is 10.4. The molecule has 2 aliphatic rings. The van der Waals surface area contributed by atoms with Crippen molar-refractivity contribution in [1.29, 1.82) is 0 Å². The minimum absolute atomic E-state index is 0.0525. The van der Waals surface area contributed by atoms with Crippen LogP contribution in [0.25, 0.3) is 0 Å². The average molecular weight is 396 g/mol. The number of benzene rings is 2. The van der Waals surface area contributed by atoms with Gasteiger partial charge in [0.15, 0.2) is 0 Å². The molecular weight excluding hydrogens is 366 g/mol. The van der Waals surface area contributed by atoms with Crippen LogP contribution in [0.2, 0.25) is 0 Å². The summed E-state index contributed by atoms with van der Waals surface area (Å²) in [6.07, 6.45) is 0. The lowest BCUT2D eigenvalue weighted by atomic mass is 10.1. The second kappa shape index (κ2) is 9.29. The third-order valence-corrected chi connectivity index (χ3v) is 5.62. The summed E-state index contributed by atoms with van der Waals surface area (Å²) < 4.78 is 10.8. The minimum atomic E-state index is -0.0554. The molecule has 2 saturated heterocycles. The largest absolute Gasteiger partial charge is 0.378 e. The summed E-state index contributed by atoms with van der Waals surface area (Å²) in [4.78, 5) is 17.3. The maximum absolute atomic E-state index is 12.7. The summed E-state index contributed by atoms with van der Waals surface area (Å²) in [5.74, 6) is -0.0525. The lowest BCUT2D eigenvalue weighted by Gasteiger charge is -2.29. The van der Waals surface area contributed by atoms with Crippen molar-refractivity contribution >= 4 is 17.3 Å². The first-order valence-electron chi connectivity index (χ1n) is 10.4. The molecule has 2 fully saturated rings. The van der Waals surface area contributed by atoms with Crippen molar-refractivity contribution in [3.05, 3.63) is 59.7 Å². The molecule has 6 heteroatoms. The van der Waals surface area contributed by atoms with Crippen LogP contribution in [0.4, 0.5) is 11.4 Å². The predicted octanol–water partition coefficient (Wildman–Crippen LogP) is 2.85. The summed E-state index contributed by atoms with van der Waals surface area (Å²) in [6, 6.07) is 16.2. The van der Waals surface area contributed by atoms with E-state index < -0.39 is 0 Å². The molecule has 1 unspecified atom stereocenters. The normalized spacial score (nSPS) is 18.4. The molecule has 1 atom stereocenters. The van der Waals surface area contributed by atoms with E-state index in [0.717, 1.165) is 63.9 Å². The van der Waals surface area contributed by atoms with E-state index in [4.69, 9.17) is 9.47 Å². The number of rotatable bonds is 5. The van der Waals surface area contributed by atoms with Crippen LogP contribution in [0.1, 0.15) is 28.9 Å². The van der Waals surface area contributed by atoms with Gasteiger partial charge in [-0.05, 0) is 48.9 Å². The lowest BCUT2D eigenvalue weighted by Crippen LogP contribution is -2.36. The summed E-state index contributed by atoms with van der Waals surface area (Å²) in [5, 5.41) is 3.10. The van der Waals surface area contributed by atoms with E-state index in [0.29, 0.717) is 5.56 Å². The van der Waals surface area contributed by atoms with Gasteiger partial charge in [0.2, 0.25) is 0 Å². The van der Waals surface area contributed by atoms with Crippen molar-refractivity contribution in [1.82, 2.24) is 5.32 Å². The Morgan fingerprint density at radius 1 is 0.793 bits per heavy atom. The second-order valence-corrected chi connectivity index (χ2v) is 7.53. The molecule has 2 heterocycles. The molecule has 4 rings (SSSR count). The Kier molecular flexibility index (Phi) is 6.32. The van der Waals surface area contributed by atoms with Crippen molar-refractivity contribution in [2.45, 2.75) is 13.0 Å². The van der Waals surface area contributed by atoms with Crippen LogP contribution in [-0.4, -0.2) is 58.5 Å². The Morgan fingerprint density at radius 2 is 1.24 bits per heavy atom. The number of carbonyl (C=O) groups is 1. The van der Waals surface area contributed by atoms with Crippen LogP contribution in [0, 0.1) is 0 Å². The van der Waals surface area contributed by atoms with E-state index in [1.807, 2.05) is 31.2 Å². The molecule has 1 amide bonds. The van der Waals surface area contributed by atoms with Crippen LogP contribution in [0.3, 0.4) is 0 Å². The molecule has 0 saturated carbocycles. The zero-order valence-corrected chi connectivity index (χ0v) is 17.0. The van der Waals surface area contributed by atoms with Crippen LogP contribution in [-0.2, 0) is 9.47 Å². The van der Waals surface area contributed by atoms with Gasteiger partial charge in [-0.3, -0.25) is 4.79 Å². The smallest absolute Gasteiger partial charge is 0.251 e. The number of ether oxygens (including phenoxy) is 2. The molecule has 6 nitrogen and oxygen atoms in total. The number of nitrogens with one attached hydrogen (secondary N) is 1. The number of hydrogen-bond acceptors (Lipinski definition) is 5. The third kappa shape index (κ3) is 4.89. The van der Waals surface area contributed by atoms with Crippen molar-refractivity contribution in [3.8, 4) is 0 Å². The molecule has 0 aromatic heterocycles. The zero-order valence-electron chi connectivity index (χ0n) is 17.0. The number of morpholine rings is 2. The van der Waals surface area contributed by atoms with Crippen LogP contribution >= 0.6 is 0 Å². The van der Waals surface area contributed by atoms with Gasteiger partial charge in [-0.15, -0.1) is 0 Å². The number of amides is 1. The van der Waals surface area contributed by atoms with Gasteiger partial charge in [-0.25, -0.2) is 0 Å². The molecule has 29 heavy (non-hydrogen) atoms. The highest BCUT2D eigenvalue weighted by Crippen LogP contribution is 2.21. The summed E-state index contributed by atoms with van der Waals surface area (Å²) in [7, 11) is 0. The number of nitrogens with zero attached hydrogens (tertiary/aromatic N) is 2. The fourth-order valence-electron chi connectivity index (χ4n) is 3.80. The zero-order chi connectivity index (χ0) is 20.1. The maximum Gasteiger partial charge on any atom is 0.251 e. The molecule has 0 bridgehead atoms. The van der Waals surface area contributed by atoms with E-state index in [-0.39, 0.29) is 11.9 Å². The predicted molar refractivity (Wildman–Crippen MR) is 115 cm³/mol. The summed E-state index contributed by atoms with van der Waals surface area (Å²) in [5.41, 5.74) is 4.12. The Hall–Kier alpha value is -2.57. The first kappa shape index (κ1) is 19.7. The van der Waals surface area contributed by atoms with Gasteiger partial charge in [0, 0.05) is 43.1 Å². The van der Waals surface area contributed by atoms with Gasteiger partial charge in [-0.2, -0.15) is 0 Å². The fourth-order valence-corrected chi connectivity index (χ4v) is 3.80. The molecule has 2 aromatic rings. The van der Waals surface area contributed by atoms with E-state index in [1.165, 1.54) is 5.69 Å². The average Bonchev–Trinajstić information content (AvgIpc) is 2.80. The van der Waals surface area contributed by atoms with E-state index in [2.05, 4.69) is 39.4 Å². The van der Waals surface area contributed by atoms with E-state index in [1.54, 1.807) is 0 Å². The molecule has 2 aliphatic heterocycles. The van der Waals surface area contributed by atoms with Gasteiger partial charge in [0.25, 0.3) is 5.91 Å². The number of carbonyl (C=O) groups excluding carboxylic acids is 1. The van der Waals surface area contributed by atoms with Crippen LogP contribution in [0.5, 0.6) is 0 Å². The van der Waals surface area contributed by atoms with Crippen molar-refractivity contribution < 1.29 is 14.3 Å². The highest BCUT2D eigenvalue weighted by Gasteiger charge is 2.15. The first-order chi connectivity index (χ1) is 14.2. The minimum Gasteiger partial charge on any atom is -0.378 e. The van der Waals surface area contributed by atoms with Gasteiger partial charge >= 0.3 is 0 Å². The van der Waals surface area contributed by atoms with E-state index >= 15 is 0 Å². The highest BCUT2D eigenvalue weighted by atomic mass is 16.5. The van der Waals surface area contributed by atoms with Crippen LogP contribution in [0.15, 0.2) is 48.5 Å². The topological polar surface area (TPSA) is 54.0 Å². The van der Waals surface area contributed by atoms with Gasteiger partial charge in [0.05, 0.1) is 32.5 Å². The molecule has 154 valence electrons. The fraction of sp³-hybridized carbons (Fsp3) is 0.435. The quantitative estimate of drug-likeness (QED) is 0.844. The molecule has 0 radical (unpaired) electrons. The molecule has 2 aromatic carbocycles. The summed E-state index contributed by atoms with van der Waals surface area (Å²) in [6.45, 7) is 8.71. The third-order valence-electron chi connectivity index (χ3n) is 5.62. The maximum atomic E-state index is 12.7. The lowest BCUT2D eigenvalue weighted by molar-refractivity contribution is 0.0939. The van der Waals surface area contributed by atoms with Crippen molar-refractivity contribution in [3.63, 3.8) is 0 Å². The Labute approximate surface area is 172 Å². The summed E-state index contributed by atoms with van der Waals surface area (Å²) >= 11 is 0. The van der Waals surface area contributed by atoms with Gasteiger partial charge in [0.1, 0.15) is 0 Å². The Bertz CT molecular complexity index is 795. The number of hydrogen-bond donors (Lipinski definition) is 1. The van der Waals surface area contributed by atoms with Gasteiger partial charge in [-0.1, -0.05) is 12.1 Å². The van der Waals surface area contributed by atoms with Crippen molar-refractivity contribution in [2.24, 2.45) is 0 Å². The Morgan fingerprint density at radius 3 is 1.72 bits per heavy atom. The molecule has 0 aliphatic carbocycles. The standard InChI is InChI=1S/C23H29N3O3/c1-18(19-2-6-21(7-3-19)25-10-14-28-15-11-25)24-23(27)20-4-8-22(9-5-20)26-12-16-29-17-13-26/h2-9,18H,10-17H2,1H3,(H,24,27). The van der Waals surface area contributed by atoms with Crippen LogP contribution < -0.4 is 15.1 Å². The molecular formula is C23H29N3O3. The monoisotopic (exact) mass is 395 g/mol. The molecule has 1 N–H and O–H groups in total.